The van der Waals surface area contributed by atoms with Gasteiger partial charge in [0.15, 0.2) is 0 Å². The van der Waals surface area contributed by atoms with E-state index in [1.54, 1.807) is 0 Å². The number of unbranched alkanes of at least 4 members (excludes halogenated alkanes) is 2. The van der Waals surface area contributed by atoms with E-state index in [0.717, 1.165) is 12.8 Å². The SMILES string of the molecule is CCCCCC(C)ONONO. The van der Waals surface area contributed by atoms with Crippen LogP contribution >= 0.6 is 0 Å². The van der Waals surface area contributed by atoms with Crippen molar-refractivity contribution in [3.63, 3.8) is 0 Å². The Kier molecular flexibility index (Phi) is 8.74. The zero-order valence-electron chi connectivity index (χ0n) is 7.67. The van der Waals surface area contributed by atoms with Crippen LogP contribution in [0.1, 0.15) is 39.5 Å². The second-order valence-electron chi connectivity index (χ2n) is 2.70. The molecule has 0 aromatic heterocycles. The lowest BCUT2D eigenvalue weighted by atomic mass is 10.1. The average Bonchev–Trinajstić information content (AvgIpc) is 2.06. The van der Waals surface area contributed by atoms with Gasteiger partial charge < -0.3 is 0 Å². The predicted molar refractivity (Wildman–Crippen MR) is 43.8 cm³/mol. The molecule has 0 radical (unpaired) electrons. The summed E-state index contributed by atoms with van der Waals surface area (Å²) >= 11 is 0. The van der Waals surface area contributed by atoms with Crippen molar-refractivity contribution in [3.8, 4) is 0 Å². The molecular weight excluding hydrogens is 160 g/mol. The van der Waals surface area contributed by atoms with Crippen LogP contribution < -0.4 is 11.3 Å². The number of hydrogen-bond acceptors (Lipinski definition) is 5. The van der Waals surface area contributed by atoms with E-state index < -0.39 is 0 Å². The molecule has 0 bridgehead atoms. The van der Waals surface area contributed by atoms with Gasteiger partial charge in [-0.25, -0.2) is 0 Å². The molecule has 3 N–H and O–H groups in total. The first-order valence-corrected chi connectivity index (χ1v) is 4.26. The van der Waals surface area contributed by atoms with Crippen LogP contribution in [0, 0.1) is 0 Å². The van der Waals surface area contributed by atoms with E-state index in [9.17, 15) is 0 Å². The van der Waals surface area contributed by atoms with Gasteiger partial charge in [0.25, 0.3) is 0 Å². The van der Waals surface area contributed by atoms with Crippen molar-refractivity contribution >= 4 is 0 Å². The van der Waals surface area contributed by atoms with Crippen LogP contribution in [-0.4, -0.2) is 11.3 Å². The van der Waals surface area contributed by atoms with E-state index >= 15 is 0 Å². The van der Waals surface area contributed by atoms with Crippen molar-refractivity contribution in [1.82, 2.24) is 11.3 Å². The third-order valence-corrected chi connectivity index (χ3v) is 1.55. The summed E-state index contributed by atoms with van der Waals surface area (Å²) < 4.78 is 0. The van der Waals surface area contributed by atoms with E-state index in [2.05, 4.69) is 17.5 Å². The minimum Gasteiger partial charge on any atom is -0.291 e. The van der Waals surface area contributed by atoms with Crippen molar-refractivity contribution in [1.29, 1.82) is 0 Å². The highest BCUT2D eigenvalue weighted by atomic mass is 17.0. The molecule has 0 aliphatic carbocycles. The molecule has 0 saturated heterocycles. The maximum Gasteiger partial charge on any atom is 0.0789 e. The number of hydrogen-bond donors (Lipinski definition) is 3. The molecular formula is C7H18N2O3. The van der Waals surface area contributed by atoms with Crippen molar-refractivity contribution in [2.75, 3.05) is 0 Å². The normalized spacial score (nSPS) is 13.2. The highest BCUT2D eigenvalue weighted by Gasteiger charge is 2.00. The summed E-state index contributed by atoms with van der Waals surface area (Å²) in [6, 6.07) is 0. The Morgan fingerprint density at radius 3 is 2.75 bits per heavy atom. The molecule has 74 valence electrons. The minimum atomic E-state index is 0.0879. The second kappa shape index (κ2) is 8.89. The van der Waals surface area contributed by atoms with Crippen LogP contribution in [-0.2, 0) is 9.78 Å². The van der Waals surface area contributed by atoms with Gasteiger partial charge in [-0.05, 0) is 13.3 Å². The van der Waals surface area contributed by atoms with Gasteiger partial charge in [0.05, 0.1) is 6.10 Å². The van der Waals surface area contributed by atoms with Crippen LogP contribution in [0.2, 0.25) is 0 Å². The molecule has 0 rings (SSSR count). The summed E-state index contributed by atoms with van der Waals surface area (Å²) in [5.74, 6) is 0. The van der Waals surface area contributed by atoms with Crippen LogP contribution in [0.5, 0.6) is 0 Å². The van der Waals surface area contributed by atoms with Gasteiger partial charge in [0.2, 0.25) is 0 Å². The molecule has 1 unspecified atom stereocenters. The molecule has 12 heavy (non-hydrogen) atoms. The van der Waals surface area contributed by atoms with Gasteiger partial charge in [-0.3, -0.25) is 10.0 Å². The quantitative estimate of drug-likeness (QED) is 0.386. The minimum absolute atomic E-state index is 0.0879. The first-order valence-electron chi connectivity index (χ1n) is 4.26. The highest BCUT2D eigenvalue weighted by molar-refractivity contribution is 4.48. The fourth-order valence-corrected chi connectivity index (χ4v) is 0.866. The fourth-order valence-electron chi connectivity index (χ4n) is 0.866. The highest BCUT2D eigenvalue weighted by Crippen LogP contribution is 2.04. The van der Waals surface area contributed by atoms with Gasteiger partial charge in [-0.15, -0.1) is 0 Å². The lowest BCUT2D eigenvalue weighted by Crippen LogP contribution is -2.27. The Labute approximate surface area is 72.9 Å². The Bertz CT molecular complexity index is 82.7. The summed E-state index contributed by atoms with van der Waals surface area (Å²) in [6.07, 6.45) is 4.63. The monoisotopic (exact) mass is 178 g/mol. The van der Waals surface area contributed by atoms with E-state index in [4.69, 9.17) is 10.0 Å². The molecule has 0 saturated carbocycles. The smallest absolute Gasteiger partial charge is 0.0789 e. The molecule has 0 aliphatic rings. The summed E-state index contributed by atoms with van der Waals surface area (Å²) in [4.78, 5) is 9.08. The number of nitrogens with one attached hydrogen (secondary N) is 2. The third kappa shape index (κ3) is 7.90. The van der Waals surface area contributed by atoms with Crippen molar-refractivity contribution in [2.45, 2.75) is 45.6 Å². The molecule has 0 heterocycles. The summed E-state index contributed by atoms with van der Waals surface area (Å²) in [5.41, 5.74) is 3.55. The van der Waals surface area contributed by atoms with Crippen LogP contribution in [0.25, 0.3) is 0 Å². The second-order valence-corrected chi connectivity index (χ2v) is 2.70. The molecule has 0 fully saturated rings. The molecule has 0 aromatic carbocycles. The van der Waals surface area contributed by atoms with E-state index in [1.807, 2.05) is 6.92 Å². The summed E-state index contributed by atoms with van der Waals surface area (Å²) in [5, 5.41) is 7.98. The van der Waals surface area contributed by atoms with E-state index in [0.29, 0.717) is 0 Å². The van der Waals surface area contributed by atoms with Gasteiger partial charge in [-0.2, -0.15) is 4.94 Å². The summed E-state index contributed by atoms with van der Waals surface area (Å²) in [6.45, 7) is 4.09. The molecule has 1 atom stereocenters. The third-order valence-electron chi connectivity index (χ3n) is 1.55. The van der Waals surface area contributed by atoms with Crippen molar-refractivity contribution in [3.05, 3.63) is 0 Å². The molecule has 5 nitrogen and oxygen atoms in total. The Morgan fingerprint density at radius 2 is 2.17 bits per heavy atom. The topological polar surface area (TPSA) is 62.8 Å². The maximum atomic E-state index is 7.98. The molecule has 0 spiro atoms. The van der Waals surface area contributed by atoms with Gasteiger partial charge in [-0.1, -0.05) is 37.5 Å². The Hall–Kier alpha value is -0.200. The maximum absolute atomic E-state index is 7.98. The predicted octanol–water partition coefficient (Wildman–Crippen LogP) is 1.30. The Morgan fingerprint density at radius 1 is 1.42 bits per heavy atom. The average molecular weight is 178 g/mol. The van der Waals surface area contributed by atoms with Crippen LogP contribution in [0.15, 0.2) is 0 Å². The largest absolute Gasteiger partial charge is 0.291 e. The molecule has 0 aliphatic heterocycles. The standard InChI is InChI=1S/C7H18N2O3/c1-3-4-5-6-7(2)11-9-12-8-10/h7-10H,3-6H2,1-2H3. The lowest BCUT2D eigenvalue weighted by Gasteiger charge is -2.11. The van der Waals surface area contributed by atoms with Gasteiger partial charge in [0.1, 0.15) is 0 Å². The zero-order chi connectivity index (χ0) is 9.23. The van der Waals surface area contributed by atoms with Crippen LogP contribution in [0.3, 0.4) is 0 Å². The fraction of sp³-hybridized carbons (Fsp3) is 1.00. The van der Waals surface area contributed by atoms with Gasteiger partial charge >= 0.3 is 0 Å². The Balaban J connectivity index is 3.04. The lowest BCUT2D eigenvalue weighted by molar-refractivity contribution is -0.284. The molecule has 5 heteroatoms. The van der Waals surface area contributed by atoms with Crippen LogP contribution in [0.4, 0.5) is 0 Å². The first kappa shape index (κ1) is 11.8. The van der Waals surface area contributed by atoms with E-state index in [-0.39, 0.29) is 6.10 Å². The first-order chi connectivity index (χ1) is 5.81. The van der Waals surface area contributed by atoms with Crippen molar-refractivity contribution < 1.29 is 15.0 Å². The number of rotatable bonds is 8. The molecule has 0 amide bonds. The van der Waals surface area contributed by atoms with E-state index in [1.165, 1.54) is 18.5 Å². The summed E-state index contributed by atoms with van der Waals surface area (Å²) in [7, 11) is 0. The molecule has 0 aromatic rings. The van der Waals surface area contributed by atoms with Gasteiger partial charge in [0, 0.05) is 0 Å². The van der Waals surface area contributed by atoms with Crippen molar-refractivity contribution in [2.24, 2.45) is 0 Å². The zero-order valence-corrected chi connectivity index (χ0v) is 7.67.